The largest absolute Gasteiger partial charge is 0.351 e. The number of piperidine rings is 1. The second kappa shape index (κ2) is 5.43. The zero-order valence-electron chi connectivity index (χ0n) is 11.5. The van der Waals surface area contributed by atoms with Crippen molar-refractivity contribution in [3.63, 3.8) is 0 Å². The lowest BCUT2D eigenvalue weighted by Gasteiger charge is -2.39. The van der Waals surface area contributed by atoms with Gasteiger partial charge in [0.25, 0.3) is 0 Å². The van der Waals surface area contributed by atoms with Crippen molar-refractivity contribution in [3.8, 4) is 0 Å². The summed E-state index contributed by atoms with van der Waals surface area (Å²) in [7, 11) is 0. The van der Waals surface area contributed by atoms with Gasteiger partial charge in [-0.15, -0.1) is 0 Å². The molecular formula is C14H21N3O2. The van der Waals surface area contributed by atoms with E-state index in [2.05, 4.69) is 27.9 Å². The molecule has 0 amide bonds. The van der Waals surface area contributed by atoms with Crippen molar-refractivity contribution >= 4 is 5.82 Å². The van der Waals surface area contributed by atoms with Crippen molar-refractivity contribution < 1.29 is 9.47 Å². The number of aromatic nitrogens is 2. The number of rotatable bonds is 3. The summed E-state index contributed by atoms with van der Waals surface area (Å²) in [6.07, 6.45) is 5.83. The molecule has 3 rings (SSSR count). The summed E-state index contributed by atoms with van der Waals surface area (Å²) in [5, 5.41) is 0. The zero-order valence-corrected chi connectivity index (χ0v) is 11.5. The maximum atomic E-state index is 5.80. The van der Waals surface area contributed by atoms with Crippen LogP contribution in [0.3, 0.4) is 0 Å². The minimum atomic E-state index is -0.395. The van der Waals surface area contributed by atoms with Crippen LogP contribution in [0.4, 0.5) is 5.82 Å². The first-order valence-electron chi connectivity index (χ1n) is 7.15. The topological polar surface area (TPSA) is 47.5 Å². The second-order valence-corrected chi connectivity index (χ2v) is 5.25. The molecule has 0 aromatic carbocycles. The second-order valence-electron chi connectivity index (χ2n) is 5.25. The fraction of sp³-hybridized carbons (Fsp3) is 0.714. The smallest absolute Gasteiger partial charge is 0.186 e. The molecular weight excluding hydrogens is 242 g/mol. The lowest BCUT2D eigenvalue weighted by atomic mass is 10.0. The van der Waals surface area contributed by atoms with Gasteiger partial charge in [-0.25, -0.2) is 9.97 Å². The van der Waals surface area contributed by atoms with Gasteiger partial charge < -0.3 is 14.4 Å². The minimum Gasteiger partial charge on any atom is -0.351 e. The highest BCUT2D eigenvalue weighted by Crippen LogP contribution is 2.31. The van der Waals surface area contributed by atoms with Gasteiger partial charge in [-0.1, -0.05) is 13.3 Å². The number of hydrogen-bond donors (Lipinski definition) is 0. The predicted molar refractivity (Wildman–Crippen MR) is 72.1 cm³/mol. The molecule has 2 aliphatic rings. The molecule has 19 heavy (non-hydrogen) atoms. The molecule has 0 unspecified atom stereocenters. The van der Waals surface area contributed by atoms with E-state index < -0.39 is 5.79 Å². The predicted octanol–water partition coefficient (Wildman–Crippen LogP) is 1.77. The van der Waals surface area contributed by atoms with E-state index in [-0.39, 0.29) is 0 Å². The summed E-state index contributed by atoms with van der Waals surface area (Å²) >= 11 is 0. The van der Waals surface area contributed by atoms with Gasteiger partial charge in [-0.05, 0) is 12.8 Å². The van der Waals surface area contributed by atoms with E-state index in [0.717, 1.165) is 50.3 Å². The number of aryl methyl sites for hydroxylation is 1. The monoisotopic (exact) mass is 263 g/mol. The van der Waals surface area contributed by atoms with Gasteiger partial charge in [-0.3, -0.25) is 0 Å². The summed E-state index contributed by atoms with van der Waals surface area (Å²) in [6.45, 7) is 5.36. The van der Waals surface area contributed by atoms with Crippen molar-refractivity contribution in [3.05, 3.63) is 18.1 Å². The highest BCUT2D eigenvalue weighted by molar-refractivity contribution is 5.40. The van der Waals surface area contributed by atoms with Crippen LogP contribution in [-0.2, 0) is 15.9 Å². The van der Waals surface area contributed by atoms with Gasteiger partial charge in [0.05, 0.1) is 19.8 Å². The third-order valence-electron chi connectivity index (χ3n) is 3.77. The first kappa shape index (κ1) is 12.8. The number of anilines is 1. The first-order valence-corrected chi connectivity index (χ1v) is 7.15. The van der Waals surface area contributed by atoms with E-state index in [4.69, 9.17) is 9.47 Å². The Balaban J connectivity index is 1.75. The Morgan fingerprint density at radius 2 is 2.16 bits per heavy atom. The Labute approximate surface area is 113 Å². The summed E-state index contributed by atoms with van der Waals surface area (Å²) in [5.41, 5.74) is 1.11. The van der Waals surface area contributed by atoms with Crippen LogP contribution in [0.25, 0.3) is 0 Å². The molecule has 2 saturated heterocycles. The number of nitrogens with zero attached hydrogens (tertiary/aromatic N) is 3. The average Bonchev–Trinajstić information content (AvgIpc) is 2.87. The average molecular weight is 263 g/mol. The molecule has 1 aromatic heterocycles. The fourth-order valence-electron chi connectivity index (χ4n) is 2.87. The normalized spacial score (nSPS) is 22.1. The van der Waals surface area contributed by atoms with Gasteiger partial charge in [0, 0.05) is 24.7 Å². The van der Waals surface area contributed by atoms with E-state index >= 15 is 0 Å². The number of ether oxygens (including phenoxy) is 2. The van der Waals surface area contributed by atoms with E-state index in [1.807, 2.05) is 0 Å². The Morgan fingerprint density at radius 3 is 2.95 bits per heavy atom. The van der Waals surface area contributed by atoms with Gasteiger partial charge in [0.15, 0.2) is 5.79 Å². The molecule has 0 atom stereocenters. The van der Waals surface area contributed by atoms with Gasteiger partial charge in [0.1, 0.15) is 12.1 Å². The van der Waals surface area contributed by atoms with Crippen molar-refractivity contribution in [1.29, 1.82) is 0 Å². The Bertz CT molecular complexity index is 432. The lowest BCUT2D eigenvalue weighted by Crippen LogP contribution is -2.49. The zero-order chi connectivity index (χ0) is 13.1. The molecule has 5 heteroatoms. The molecule has 0 aliphatic carbocycles. The highest BCUT2D eigenvalue weighted by Gasteiger charge is 2.41. The fourth-order valence-corrected chi connectivity index (χ4v) is 2.87. The maximum Gasteiger partial charge on any atom is 0.186 e. The Kier molecular flexibility index (Phi) is 3.66. The van der Waals surface area contributed by atoms with Crippen molar-refractivity contribution in [2.24, 2.45) is 0 Å². The summed E-state index contributed by atoms with van der Waals surface area (Å²) in [4.78, 5) is 11.0. The molecule has 0 N–H and O–H groups in total. The van der Waals surface area contributed by atoms with Crippen LogP contribution in [0, 0.1) is 0 Å². The summed E-state index contributed by atoms with van der Waals surface area (Å²) in [5.74, 6) is 0.602. The Hall–Kier alpha value is -1.20. The van der Waals surface area contributed by atoms with E-state index in [0.29, 0.717) is 13.2 Å². The molecule has 2 aliphatic heterocycles. The molecule has 2 fully saturated rings. The van der Waals surface area contributed by atoms with Gasteiger partial charge in [0.2, 0.25) is 0 Å². The number of hydrogen-bond acceptors (Lipinski definition) is 5. The van der Waals surface area contributed by atoms with Gasteiger partial charge in [-0.2, -0.15) is 0 Å². The van der Waals surface area contributed by atoms with Crippen LogP contribution in [-0.4, -0.2) is 42.1 Å². The van der Waals surface area contributed by atoms with E-state index in [9.17, 15) is 0 Å². The summed E-state index contributed by atoms with van der Waals surface area (Å²) < 4.78 is 11.6. The first-order chi connectivity index (χ1) is 9.31. The van der Waals surface area contributed by atoms with Crippen molar-refractivity contribution in [1.82, 2.24) is 9.97 Å². The Morgan fingerprint density at radius 1 is 1.32 bits per heavy atom. The van der Waals surface area contributed by atoms with Crippen LogP contribution < -0.4 is 4.90 Å². The molecule has 0 saturated carbocycles. The molecule has 0 radical (unpaired) electrons. The summed E-state index contributed by atoms with van der Waals surface area (Å²) in [6, 6.07) is 2.09. The molecule has 104 valence electrons. The SMILES string of the molecule is CCCc1cc(N2CCCC3(C2)OCCO3)ncn1. The van der Waals surface area contributed by atoms with Gasteiger partial charge >= 0.3 is 0 Å². The molecule has 3 heterocycles. The molecule has 0 bridgehead atoms. The molecule has 1 aromatic rings. The van der Waals surface area contributed by atoms with Crippen molar-refractivity contribution in [2.45, 2.75) is 38.4 Å². The van der Waals surface area contributed by atoms with Crippen LogP contribution in [0.1, 0.15) is 31.9 Å². The molecule has 1 spiro atoms. The lowest BCUT2D eigenvalue weighted by molar-refractivity contribution is -0.161. The van der Waals surface area contributed by atoms with E-state index in [1.54, 1.807) is 6.33 Å². The third-order valence-corrected chi connectivity index (χ3v) is 3.77. The van der Waals surface area contributed by atoms with Crippen LogP contribution >= 0.6 is 0 Å². The quantitative estimate of drug-likeness (QED) is 0.832. The standard InChI is InChI=1S/C14H21N3O2/c1-2-4-12-9-13(16-11-15-12)17-6-3-5-14(10-17)18-7-8-19-14/h9,11H,2-8,10H2,1H3. The van der Waals surface area contributed by atoms with E-state index in [1.165, 1.54) is 0 Å². The highest BCUT2D eigenvalue weighted by atomic mass is 16.7. The third kappa shape index (κ3) is 2.72. The van der Waals surface area contributed by atoms with Crippen LogP contribution in [0.2, 0.25) is 0 Å². The van der Waals surface area contributed by atoms with Crippen LogP contribution in [0.5, 0.6) is 0 Å². The molecule has 5 nitrogen and oxygen atoms in total. The maximum absolute atomic E-state index is 5.80. The van der Waals surface area contributed by atoms with Crippen LogP contribution in [0.15, 0.2) is 12.4 Å². The minimum absolute atomic E-state index is 0.395. The van der Waals surface area contributed by atoms with Crippen molar-refractivity contribution in [2.75, 3.05) is 31.2 Å².